The maximum atomic E-state index is 6.48. The minimum absolute atomic E-state index is 0.453. The Morgan fingerprint density at radius 3 is 2.25 bits per heavy atom. The summed E-state index contributed by atoms with van der Waals surface area (Å²) in [7, 11) is 4.00. The number of aromatic amines is 1. The van der Waals surface area contributed by atoms with Crippen molar-refractivity contribution in [1.29, 1.82) is 0 Å². The number of anilines is 3. The number of hydrogen-bond acceptors (Lipinski definition) is 5. The molecule has 6 nitrogen and oxygen atoms in total. The maximum absolute atomic E-state index is 6.48. The fourth-order valence-electron chi connectivity index (χ4n) is 3.78. The van der Waals surface area contributed by atoms with E-state index in [0.717, 1.165) is 16.9 Å². The van der Waals surface area contributed by atoms with Gasteiger partial charge in [0.15, 0.2) is 0 Å². The lowest BCUT2D eigenvalue weighted by atomic mass is 10.1. The first-order valence-electron chi connectivity index (χ1n) is 11.1. The van der Waals surface area contributed by atoms with E-state index >= 15 is 0 Å². The van der Waals surface area contributed by atoms with Crippen molar-refractivity contribution in [2.24, 2.45) is 0 Å². The smallest absolute Gasteiger partial charge is 0.227 e. The van der Waals surface area contributed by atoms with Gasteiger partial charge in [-0.3, -0.25) is 0 Å². The number of aromatic nitrogens is 4. The van der Waals surface area contributed by atoms with Gasteiger partial charge in [-0.25, -0.2) is 15.0 Å². The second-order valence-electron chi connectivity index (χ2n) is 8.25. The summed E-state index contributed by atoms with van der Waals surface area (Å²) in [6.45, 7) is 0. The average molecular weight is 536 g/mol. The van der Waals surface area contributed by atoms with Gasteiger partial charge in [0.25, 0.3) is 0 Å². The lowest BCUT2D eigenvalue weighted by molar-refractivity contribution is 1.13. The van der Waals surface area contributed by atoms with Crippen molar-refractivity contribution in [2.45, 2.75) is 0 Å². The Morgan fingerprint density at radius 1 is 0.833 bits per heavy atom. The van der Waals surface area contributed by atoms with Crippen molar-refractivity contribution >= 4 is 52.1 Å². The number of rotatable bonds is 6. The summed E-state index contributed by atoms with van der Waals surface area (Å²) in [5.74, 6) is 0.983. The van der Waals surface area contributed by atoms with E-state index in [-0.39, 0.29) is 0 Å². The number of halogens is 3. The molecular weight excluding hydrogens is 515 g/mol. The monoisotopic (exact) mass is 534 g/mol. The predicted molar refractivity (Wildman–Crippen MR) is 150 cm³/mol. The van der Waals surface area contributed by atoms with Gasteiger partial charge < -0.3 is 15.2 Å². The second-order valence-corrected chi connectivity index (χ2v) is 9.50. The molecule has 0 radical (unpaired) electrons. The summed E-state index contributed by atoms with van der Waals surface area (Å²) >= 11 is 19.3. The quantitative estimate of drug-likeness (QED) is 0.231. The van der Waals surface area contributed by atoms with Gasteiger partial charge in [0, 0.05) is 42.3 Å². The Bertz CT molecular complexity index is 1510. The fourth-order valence-corrected chi connectivity index (χ4v) is 4.54. The molecule has 2 heterocycles. The summed E-state index contributed by atoms with van der Waals surface area (Å²) in [4.78, 5) is 19.4. The average Bonchev–Trinajstić information content (AvgIpc) is 3.29. The van der Waals surface area contributed by atoms with Crippen molar-refractivity contribution in [3.63, 3.8) is 0 Å². The van der Waals surface area contributed by atoms with E-state index in [1.807, 2.05) is 73.6 Å². The number of H-pyrrole nitrogens is 1. The number of nitrogens with one attached hydrogen (secondary N) is 2. The minimum atomic E-state index is 0.453. The Morgan fingerprint density at radius 2 is 1.56 bits per heavy atom. The lowest BCUT2D eigenvalue weighted by Crippen LogP contribution is -2.08. The standard InChI is InChI=1S/C27H21Cl3N6/c1-36(2)19-11-9-18(10-12-19)32-27-31-14-13-22(33-27)25-24(16-5-3-6-17(28)15-16)34-26(35-25)23-20(29)7-4-8-21(23)30/h3-15H,1-2H3,(H,34,35)(H,31,32,33). The van der Waals surface area contributed by atoms with E-state index < -0.39 is 0 Å². The Labute approximate surface area is 223 Å². The molecule has 5 aromatic rings. The molecule has 2 aromatic heterocycles. The van der Waals surface area contributed by atoms with Crippen molar-refractivity contribution in [3.8, 4) is 34.0 Å². The third kappa shape index (κ3) is 5.02. The van der Waals surface area contributed by atoms with Gasteiger partial charge in [-0.1, -0.05) is 53.0 Å². The van der Waals surface area contributed by atoms with E-state index in [1.165, 1.54) is 0 Å². The zero-order valence-corrected chi connectivity index (χ0v) is 21.7. The first kappa shape index (κ1) is 24.1. The van der Waals surface area contributed by atoms with E-state index in [1.54, 1.807) is 24.4 Å². The molecule has 9 heteroatoms. The van der Waals surface area contributed by atoms with Crippen LogP contribution in [0.5, 0.6) is 0 Å². The van der Waals surface area contributed by atoms with Crippen LogP contribution < -0.4 is 10.2 Å². The minimum Gasteiger partial charge on any atom is -0.378 e. The highest BCUT2D eigenvalue weighted by Gasteiger charge is 2.20. The van der Waals surface area contributed by atoms with E-state index in [9.17, 15) is 0 Å². The molecule has 0 saturated carbocycles. The molecule has 0 fully saturated rings. The van der Waals surface area contributed by atoms with Crippen molar-refractivity contribution in [1.82, 2.24) is 19.9 Å². The molecule has 0 saturated heterocycles. The van der Waals surface area contributed by atoms with E-state index in [0.29, 0.717) is 49.5 Å². The largest absolute Gasteiger partial charge is 0.378 e. The van der Waals surface area contributed by atoms with Gasteiger partial charge in [0.2, 0.25) is 5.95 Å². The van der Waals surface area contributed by atoms with Crippen LogP contribution in [0.2, 0.25) is 15.1 Å². The first-order chi connectivity index (χ1) is 17.4. The Hall–Kier alpha value is -3.58. The van der Waals surface area contributed by atoms with Crippen LogP contribution in [0.1, 0.15) is 0 Å². The molecule has 0 unspecified atom stereocenters. The van der Waals surface area contributed by atoms with Crippen molar-refractivity contribution in [2.75, 3.05) is 24.3 Å². The summed E-state index contributed by atoms with van der Waals surface area (Å²) < 4.78 is 0. The van der Waals surface area contributed by atoms with Crippen LogP contribution in [0.15, 0.2) is 79.0 Å². The molecule has 0 aliphatic rings. The van der Waals surface area contributed by atoms with E-state index in [2.05, 4.69) is 15.3 Å². The third-order valence-electron chi connectivity index (χ3n) is 5.55. The van der Waals surface area contributed by atoms with Crippen LogP contribution in [0.25, 0.3) is 34.0 Å². The second kappa shape index (κ2) is 10.2. The number of benzene rings is 3. The van der Waals surface area contributed by atoms with Gasteiger partial charge >= 0.3 is 0 Å². The normalized spacial score (nSPS) is 10.9. The van der Waals surface area contributed by atoms with Crippen molar-refractivity contribution < 1.29 is 0 Å². The summed E-state index contributed by atoms with van der Waals surface area (Å²) in [5, 5.41) is 4.85. The molecule has 5 rings (SSSR count). The molecule has 0 amide bonds. The highest BCUT2D eigenvalue weighted by molar-refractivity contribution is 6.39. The van der Waals surface area contributed by atoms with Gasteiger partial charge in [-0.2, -0.15) is 0 Å². The molecule has 0 spiro atoms. The van der Waals surface area contributed by atoms with Crippen LogP contribution in [0.4, 0.5) is 17.3 Å². The highest BCUT2D eigenvalue weighted by atomic mass is 35.5. The third-order valence-corrected chi connectivity index (χ3v) is 6.42. The molecule has 0 aliphatic heterocycles. The molecule has 0 atom stereocenters. The van der Waals surface area contributed by atoms with Gasteiger partial charge in [-0.15, -0.1) is 0 Å². The molecule has 0 bridgehead atoms. The number of imidazole rings is 1. The molecule has 180 valence electrons. The molecule has 2 N–H and O–H groups in total. The van der Waals surface area contributed by atoms with Crippen LogP contribution in [-0.4, -0.2) is 34.0 Å². The Balaban J connectivity index is 1.58. The topological polar surface area (TPSA) is 69.7 Å². The molecule has 36 heavy (non-hydrogen) atoms. The zero-order valence-electron chi connectivity index (χ0n) is 19.4. The van der Waals surface area contributed by atoms with Crippen LogP contribution in [0.3, 0.4) is 0 Å². The maximum Gasteiger partial charge on any atom is 0.227 e. The van der Waals surface area contributed by atoms with Gasteiger partial charge in [0.1, 0.15) is 5.82 Å². The predicted octanol–water partition coefficient (Wildman–Crippen LogP) is 7.97. The van der Waals surface area contributed by atoms with E-state index in [4.69, 9.17) is 44.8 Å². The molecule has 3 aromatic carbocycles. The van der Waals surface area contributed by atoms with Crippen LogP contribution in [0, 0.1) is 0 Å². The summed E-state index contributed by atoms with van der Waals surface area (Å²) in [6.07, 6.45) is 1.70. The summed E-state index contributed by atoms with van der Waals surface area (Å²) in [5.41, 5.74) is 5.43. The van der Waals surface area contributed by atoms with Gasteiger partial charge in [-0.05, 0) is 54.6 Å². The SMILES string of the molecule is CN(C)c1ccc(Nc2nccc(-c3[nH]c(-c4c(Cl)cccc4Cl)nc3-c3cccc(Cl)c3)n2)cc1. The molecular formula is C27H21Cl3N6. The molecule has 0 aliphatic carbocycles. The first-order valence-corrected chi connectivity index (χ1v) is 12.2. The van der Waals surface area contributed by atoms with Crippen LogP contribution >= 0.6 is 34.8 Å². The number of hydrogen-bond donors (Lipinski definition) is 2. The Kier molecular flexibility index (Phi) is 6.83. The highest BCUT2D eigenvalue weighted by Crippen LogP contribution is 2.38. The summed E-state index contributed by atoms with van der Waals surface area (Å²) in [6, 6.07) is 22.7. The number of nitrogens with zero attached hydrogens (tertiary/aromatic N) is 4. The fraction of sp³-hybridized carbons (Fsp3) is 0.0741. The van der Waals surface area contributed by atoms with Gasteiger partial charge in [0.05, 0.1) is 32.7 Å². The zero-order chi connectivity index (χ0) is 25.2. The van der Waals surface area contributed by atoms with Crippen LogP contribution in [-0.2, 0) is 0 Å². The van der Waals surface area contributed by atoms with Crippen molar-refractivity contribution in [3.05, 3.63) is 94.1 Å². The lowest BCUT2D eigenvalue weighted by Gasteiger charge is -2.13.